The Bertz CT molecular complexity index is 833. The van der Waals surface area contributed by atoms with E-state index >= 15 is 0 Å². The van der Waals surface area contributed by atoms with E-state index < -0.39 is 0 Å². The molecule has 4 heteroatoms. The van der Waals surface area contributed by atoms with Crippen molar-refractivity contribution in [1.82, 2.24) is 0 Å². The molecule has 1 aliphatic rings. The molecule has 0 saturated carbocycles. The number of halogens is 1. The lowest BCUT2D eigenvalue weighted by molar-refractivity contribution is 0.370. The van der Waals surface area contributed by atoms with Gasteiger partial charge in [0.15, 0.2) is 0 Å². The molecule has 116 valence electrons. The molecule has 2 aromatic rings. The first-order valence-corrected chi connectivity index (χ1v) is 7.68. The lowest BCUT2D eigenvalue weighted by Gasteiger charge is -2.13. The Balaban J connectivity index is 2.26. The maximum absolute atomic E-state index is 6.10. The maximum Gasteiger partial charge on any atom is 0.212 e. The number of hydrogen-bond acceptors (Lipinski definition) is 3. The first-order valence-electron chi connectivity index (χ1n) is 7.30. The third-order valence-corrected chi connectivity index (χ3v) is 3.78. The summed E-state index contributed by atoms with van der Waals surface area (Å²) < 4.78 is 5.74. The normalized spacial score (nSPS) is 18.2. The zero-order chi connectivity index (χ0) is 16.4. The molecule has 2 N–H and O–H groups in total. The highest BCUT2D eigenvalue weighted by Gasteiger charge is 2.18. The summed E-state index contributed by atoms with van der Waals surface area (Å²) in [6, 6.07) is 16.1. The second kappa shape index (κ2) is 6.31. The molecule has 0 saturated heterocycles. The van der Waals surface area contributed by atoms with Gasteiger partial charge in [-0.1, -0.05) is 66.7 Å². The van der Waals surface area contributed by atoms with E-state index in [0.29, 0.717) is 23.0 Å². The minimum atomic E-state index is 0.224. The number of fused-ring (bicyclic) bond motifs is 3. The van der Waals surface area contributed by atoms with E-state index in [1.54, 1.807) is 6.92 Å². The summed E-state index contributed by atoms with van der Waals surface area (Å²) in [6.07, 6.45) is 0.535. The summed E-state index contributed by atoms with van der Waals surface area (Å²) in [5.41, 5.74) is 10.9. The fourth-order valence-electron chi connectivity index (χ4n) is 2.69. The van der Waals surface area contributed by atoms with Crippen LogP contribution in [0.5, 0.6) is 0 Å². The molecule has 2 aromatic carbocycles. The van der Waals surface area contributed by atoms with Crippen molar-refractivity contribution in [3.8, 4) is 11.1 Å². The van der Waals surface area contributed by atoms with Crippen LogP contribution in [0.25, 0.3) is 16.9 Å². The van der Waals surface area contributed by atoms with Crippen molar-refractivity contribution in [2.75, 3.05) is 0 Å². The molecule has 0 fully saturated rings. The number of hydrogen-bond donors (Lipinski definition) is 1. The Morgan fingerprint density at radius 2 is 1.70 bits per heavy atom. The molecule has 0 aliphatic carbocycles. The highest BCUT2D eigenvalue weighted by atomic mass is 35.5. The molecule has 0 spiro atoms. The number of aliphatic imine (C=N–C) groups is 1. The van der Waals surface area contributed by atoms with Gasteiger partial charge in [0, 0.05) is 12.0 Å². The summed E-state index contributed by atoms with van der Waals surface area (Å²) in [5, 5.41) is 0.409. The van der Waals surface area contributed by atoms with Crippen LogP contribution in [-0.2, 0) is 11.2 Å². The van der Waals surface area contributed by atoms with Crippen LogP contribution in [0.2, 0.25) is 0 Å². The largest absolute Gasteiger partial charge is 0.440 e. The number of allylic oxidation sites excluding steroid dienone is 1. The van der Waals surface area contributed by atoms with Gasteiger partial charge in [0.2, 0.25) is 5.88 Å². The first-order chi connectivity index (χ1) is 11.1. The van der Waals surface area contributed by atoms with Gasteiger partial charge in [-0.15, -0.1) is 0 Å². The van der Waals surface area contributed by atoms with Crippen molar-refractivity contribution in [2.24, 2.45) is 10.7 Å². The summed E-state index contributed by atoms with van der Waals surface area (Å²) in [6.45, 7) is 5.73. The number of rotatable bonds is 1. The fourth-order valence-corrected chi connectivity index (χ4v) is 2.80. The highest BCUT2D eigenvalue weighted by molar-refractivity contribution is 6.64. The maximum atomic E-state index is 6.10. The predicted octanol–water partition coefficient (Wildman–Crippen LogP) is 4.68. The molecule has 3 nitrogen and oxygen atoms in total. The molecule has 0 atom stereocenters. The summed E-state index contributed by atoms with van der Waals surface area (Å²) >= 11 is 5.95. The highest BCUT2D eigenvalue weighted by Crippen LogP contribution is 2.35. The van der Waals surface area contributed by atoms with Gasteiger partial charge in [-0.3, -0.25) is 0 Å². The van der Waals surface area contributed by atoms with Crippen LogP contribution in [0.15, 0.2) is 71.7 Å². The van der Waals surface area contributed by atoms with Crippen molar-refractivity contribution in [3.63, 3.8) is 0 Å². The van der Waals surface area contributed by atoms with Gasteiger partial charge in [0.25, 0.3) is 0 Å². The molecule has 3 rings (SSSR count). The fraction of sp³-hybridized carbons (Fsp3) is 0.105. The van der Waals surface area contributed by atoms with Gasteiger partial charge in [-0.05, 0) is 23.6 Å². The third kappa shape index (κ3) is 3.15. The van der Waals surface area contributed by atoms with Crippen LogP contribution < -0.4 is 5.73 Å². The third-order valence-electron chi connectivity index (χ3n) is 3.70. The predicted molar refractivity (Wildman–Crippen MR) is 95.9 cm³/mol. The molecular formula is C19H17ClN2O. The minimum Gasteiger partial charge on any atom is -0.440 e. The van der Waals surface area contributed by atoms with Gasteiger partial charge in [-0.2, -0.15) is 0 Å². The molecule has 0 unspecified atom stereocenters. The van der Waals surface area contributed by atoms with E-state index in [4.69, 9.17) is 22.1 Å². The standard InChI is InChI=1S/C19H17ClN2O/c1-12-15-8-5-6-10-17(15)16-9-4-3-7-14(16)11-18(19(21)23-12)22-13(2)20/h3-10H,1,11,21H2,2H3/b19-18+,22-13?. The van der Waals surface area contributed by atoms with Gasteiger partial charge in [0.05, 0.1) is 0 Å². The van der Waals surface area contributed by atoms with Gasteiger partial charge >= 0.3 is 0 Å². The van der Waals surface area contributed by atoms with E-state index in [9.17, 15) is 0 Å². The average molecular weight is 325 g/mol. The Labute approximate surface area is 140 Å². The quantitative estimate of drug-likeness (QED) is 0.774. The molecule has 1 heterocycles. The van der Waals surface area contributed by atoms with Crippen molar-refractivity contribution in [3.05, 3.63) is 77.8 Å². The molecule has 0 amide bonds. The zero-order valence-corrected chi connectivity index (χ0v) is 13.6. The molecule has 23 heavy (non-hydrogen) atoms. The molecule has 0 radical (unpaired) electrons. The number of ether oxygens (including phenoxy) is 1. The van der Waals surface area contributed by atoms with Crippen LogP contribution >= 0.6 is 11.6 Å². The van der Waals surface area contributed by atoms with E-state index in [-0.39, 0.29) is 5.88 Å². The van der Waals surface area contributed by atoms with Crippen molar-refractivity contribution < 1.29 is 4.74 Å². The van der Waals surface area contributed by atoms with Gasteiger partial charge < -0.3 is 10.5 Å². The van der Waals surface area contributed by atoms with Crippen LogP contribution in [-0.4, -0.2) is 5.17 Å². The Morgan fingerprint density at radius 1 is 1.09 bits per heavy atom. The second-order valence-corrected chi connectivity index (χ2v) is 5.87. The van der Waals surface area contributed by atoms with Crippen LogP contribution in [0.3, 0.4) is 0 Å². The van der Waals surface area contributed by atoms with Crippen molar-refractivity contribution in [2.45, 2.75) is 13.3 Å². The van der Waals surface area contributed by atoms with E-state index in [1.807, 2.05) is 30.3 Å². The number of benzene rings is 2. The first kappa shape index (κ1) is 15.4. The van der Waals surface area contributed by atoms with Crippen LogP contribution in [0.1, 0.15) is 18.1 Å². The molecule has 1 aliphatic heterocycles. The Morgan fingerprint density at radius 3 is 2.39 bits per heavy atom. The Kier molecular flexibility index (Phi) is 4.22. The lowest BCUT2D eigenvalue weighted by Crippen LogP contribution is -2.07. The molecule has 0 bridgehead atoms. The van der Waals surface area contributed by atoms with Crippen LogP contribution in [0.4, 0.5) is 0 Å². The smallest absolute Gasteiger partial charge is 0.212 e. The lowest BCUT2D eigenvalue weighted by atomic mass is 9.93. The van der Waals surface area contributed by atoms with Crippen molar-refractivity contribution in [1.29, 1.82) is 0 Å². The number of nitrogens with zero attached hydrogens (tertiary/aromatic N) is 1. The average Bonchev–Trinajstić information content (AvgIpc) is 2.57. The monoisotopic (exact) mass is 324 g/mol. The SMILES string of the molecule is C=C1O/C(N)=C(/N=C(C)Cl)Cc2ccccc2-c2ccccc21. The van der Waals surface area contributed by atoms with Crippen LogP contribution in [0, 0.1) is 0 Å². The Hall–Kier alpha value is -2.52. The molecule has 0 aromatic heterocycles. The summed E-state index contributed by atoms with van der Waals surface area (Å²) in [7, 11) is 0. The van der Waals surface area contributed by atoms with Gasteiger partial charge in [0.1, 0.15) is 16.6 Å². The number of nitrogens with two attached hydrogens (primary N) is 1. The minimum absolute atomic E-state index is 0.224. The van der Waals surface area contributed by atoms with E-state index in [1.165, 1.54) is 0 Å². The van der Waals surface area contributed by atoms with E-state index in [2.05, 4.69) is 29.8 Å². The second-order valence-electron chi connectivity index (χ2n) is 5.32. The van der Waals surface area contributed by atoms with E-state index in [0.717, 1.165) is 22.3 Å². The topological polar surface area (TPSA) is 47.6 Å². The summed E-state index contributed by atoms with van der Waals surface area (Å²) in [4.78, 5) is 4.33. The summed E-state index contributed by atoms with van der Waals surface area (Å²) in [5.74, 6) is 0.719. The van der Waals surface area contributed by atoms with Crippen molar-refractivity contribution >= 4 is 22.5 Å². The zero-order valence-electron chi connectivity index (χ0n) is 12.8. The molecular weight excluding hydrogens is 308 g/mol. The van der Waals surface area contributed by atoms with Gasteiger partial charge in [-0.25, -0.2) is 4.99 Å².